The molecule has 80 heavy (non-hydrogen) atoms. The van der Waals surface area contributed by atoms with Crippen molar-refractivity contribution in [2.75, 3.05) is 79.3 Å². The highest BCUT2D eigenvalue weighted by molar-refractivity contribution is 5.72. The van der Waals surface area contributed by atoms with Crippen LogP contribution in [-0.4, -0.2) is 206 Å². The number of aliphatic hydroxyl groups excluding tert-OH is 13. The summed E-state index contributed by atoms with van der Waals surface area (Å²) in [5, 5.41) is 173. The van der Waals surface area contributed by atoms with Gasteiger partial charge in [0.1, 0.15) is 0 Å². The molecule has 18 N–H and O–H groups in total. The Morgan fingerprint density at radius 1 is 0.338 bits per heavy atom. The van der Waals surface area contributed by atoms with Crippen molar-refractivity contribution in [2.45, 2.75) is 244 Å². The fourth-order valence-electron chi connectivity index (χ4n) is 9.67. The Hall–Kier alpha value is -1.99. The van der Waals surface area contributed by atoms with Gasteiger partial charge in [-0.2, -0.15) is 0 Å². The standard InChI is InChI=1S/4C13H28O4.C9H10O3/c4*1-3-5-7-13(17,8-6-4-2)12(9-14,10-15)11-16;10-8(9(11)12)6-7-4-2-1-3-5-7/h4*14-17H,3-11H2,1-2H3;1-5,8,10H,6H2,(H,11,12). The van der Waals surface area contributed by atoms with Crippen LogP contribution in [0, 0.1) is 21.7 Å². The van der Waals surface area contributed by atoms with Crippen molar-refractivity contribution < 1.29 is 96.7 Å². The maximum absolute atomic E-state index is 10.7. The predicted molar refractivity (Wildman–Crippen MR) is 315 cm³/mol. The molecule has 0 amide bonds. The second kappa shape index (κ2) is 47.3. The summed E-state index contributed by atoms with van der Waals surface area (Å²) in [5.41, 5.74) is -8.70. The van der Waals surface area contributed by atoms with E-state index < -0.39 is 135 Å². The molecule has 0 aromatic heterocycles. The Kier molecular flexibility index (Phi) is 49.9. The lowest BCUT2D eigenvalue weighted by Gasteiger charge is -2.44. The fraction of sp³-hybridized carbons (Fsp3) is 0.885. The molecule has 0 aliphatic carbocycles. The lowest BCUT2D eigenvalue weighted by molar-refractivity contribution is -0.162. The maximum atomic E-state index is 10.7. The molecule has 19 nitrogen and oxygen atoms in total. The normalized spacial score (nSPS) is 13.0. The van der Waals surface area contributed by atoms with Crippen LogP contribution in [0.1, 0.15) is 215 Å². The summed E-state index contributed by atoms with van der Waals surface area (Å²) in [5.74, 6) is -1.18. The number of hydrogen-bond donors (Lipinski definition) is 18. The average molecular weight is 1160 g/mol. The Balaban J connectivity index is -0.000000453. The molecule has 1 aromatic carbocycles. The summed E-state index contributed by atoms with van der Waals surface area (Å²) in [6, 6.07) is 9.03. The van der Waals surface area contributed by atoms with Gasteiger partial charge in [-0.05, 0) is 56.9 Å². The summed E-state index contributed by atoms with van der Waals surface area (Å²) in [6.45, 7) is 11.4. The van der Waals surface area contributed by atoms with Crippen molar-refractivity contribution in [2.24, 2.45) is 21.7 Å². The smallest absolute Gasteiger partial charge is 0.332 e. The van der Waals surface area contributed by atoms with Crippen LogP contribution in [0.5, 0.6) is 0 Å². The summed E-state index contributed by atoms with van der Waals surface area (Å²) < 4.78 is 0. The molecule has 1 rings (SSSR count). The third-order valence-corrected chi connectivity index (χ3v) is 16.7. The molecular formula is C61H122O19. The van der Waals surface area contributed by atoms with E-state index in [0.29, 0.717) is 51.4 Å². The molecule has 0 spiro atoms. The lowest BCUT2D eigenvalue weighted by Crippen LogP contribution is -2.55. The second-order valence-corrected chi connectivity index (χ2v) is 22.5. The van der Waals surface area contributed by atoms with Crippen molar-refractivity contribution >= 4 is 5.97 Å². The Morgan fingerprint density at radius 3 is 0.625 bits per heavy atom. The average Bonchev–Trinajstić information content (AvgIpc) is 3.48. The largest absolute Gasteiger partial charge is 0.479 e. The zero-order chi connectivity index (χ0) is 62.4. The van der Waals surface area contributed by atoms with Crippen LogP contribution in [0.15, 0.2) is 30.3 Å². The zero-order valence-corrected chi connectivity index (χ0v) is 51.1. The van der Waals surface area contributed by atoms with Gasteiger partial charge in [-0.1, -0.05) is 188 Å². The quantitative estimate of drug-likeness (QED) is 0.0412. The van der Waals surface area contributed by atoms with Crippen LogP contribution in [-0.2, 0) is 11.2 Å². The van der Waals surface area contributed by atoms with Crippen LogP contribution < -0.4 is 0 Å². The van der Waals surface area contributed by atoms with Crippen LogP contribution in [0.4, 0.5) is 0 Å². The number of carboxylic acids is 1. The molecule has 1 atom stereocenters. The van der Waals surface area contributed by atoms with E-state index in [2.05, 4.69) is 0 Å². The lowest BCUT2D eigenvalue weighted by atomic mass is 9.68. The molecule has 0 fully saturated rings. The van der Waals surface area contributed by atoms with Crippen molar-refractivity contribution in [1.29, 1.82) is 0 Å². The molecule has 0 saturated carbocycles. The van der Waals surface area contributed by atoms with E-state index >= 15 is 0 Å². The first-order chi connectivity index (χ1) is 37.9. The fourth-order valence-corrected chi connectivity index (χ4v) is 9.67. The SMILES string of the molecule is CCCCC(O)(CCCC)C(CO)(CO)CO.CCCCC(O)(CCCC)C(CO)(CO)CO.CCCCC(O)(CCCC)C(CO)(CO)CO.CCCCC(O)(CCCC)C(CO)(CO)CO.O=C(O)C(O)Cc1ccccc1. The van der Waals surface area contributed by atoms with Crippen LogP contribution in [0.2, 0.25) is 0 Å². The Labute approximate surface area is 482 Å². The first kappa shape index (κ1) is 84.5. The summed E-state index contributed by atoms with van der Waals surface area (Å²) >= 11 is 0. The topological polar surface area (TPSA) is 381 Å². The van der Waals surface area contributed by atoms with E-state index in [1.807, 2.05) is 73.6 Å². The predicted octanol–water partition coefficient (Wildman–Crippen LogP) is 4.92. The third-order valence-electron chi connectivity index (χ3n) is 16.7. The summed E-state index contributed by atoms with van der Waals surface area (Å²) in [4.78, 5) is 10.3. The molecule has 0 heterocycles. The monoisotopic (exact) mass is 1160 g/mol. The van der Waals surface area contributed by atoms with Gasteiger partial charge in [-0.3, -0.25) is 0 Å². The molecule has 1 unspecified atom stereocenters. The highest BCUT2D eigenvalue weighted by Crippen LogP contribution is 2.42. The van der Waals surface area contributed by atoms with Gasteiger partial charge in [0.05, 0.1) is 123 Å². The van der Waals surface area contributed by atoms with E-state index in [1.54, 1.807) is 12.1 Å². The molecular weight excluding hydrogens is 1040 g/mol. The minimum Gasteiger partial charge on any atom is -0.479 e. The Morgan fingerprint density at radius 2 is 0.500 bits per heavy atom. The van der Waals surface area contributed by atoms with Crippen molar-refractivity contribution in [3.63, 3.8) is 0 Å². The van der Waals surface area contributed by atoms with Crippen molar-refractivity contribution in [3.8, 4) is 0 Å². The summed E-state index contributed by atoms with van der Waals surface area (Å²) in [6.07, 6.45) is 17.0. The number of benzene rings is 1. The highest BCUT2D eigenvalue weighted by atomic mass is 16.4. The van der Waals surface area contributed by atoms with E-state index in [0.717, 1.165) is 108 Å². The minimum absolute atomic E-state index is 0.163. The highest BCUT2D eigenvalue weighted by Gasteiger charge is 2.51. The molecule has 1 aromatic rings. The maximum Gasteiger partial charge on any atom is 0.332 e. The van der Waals surface area contributed by atoms with Gasteiger partial charge in [-0.15, -0.1) is 0 Å². The molecule has 0 aliphatic rings. The number of carbonyl (C=O) groups is 1. The first-order valence-corrected chi connectivity index (χ1v) is 30.1. The second-order valence-electron chi connectivity index (χ2n) is 22.5. The van der Waals surface area contributed by atoms with Gasteiger partial charge in [0.25, 0.3) is 0 Å². The van der Waals surface area contributed by atoms with Gasteiger partial charge >= 0.3 is 5.97 Å². The minimum atomic E-state index is -1.30. The molecule has 0 aliphatic heterocycles. The van der Waals surface area contributed by atoms with Crippen LogP contribution in [0.25, 0.3) is 0 Å². The third kappa shape index (κ3) is 26.9. The molecule has 480 valence electrons. The van der Waals surface area contributed by atoms with Crippen molar-refractivity contribution in [1.82, 2.24) is 0 Å². The number of hydrogen-bond acceptors (Lipinski definition) is 18. The molecule has 19 heteroatoms. The number of aliphatic carboxylic acids is 1. The van der Waals surface area contributed by atoms with Crippen LogP contribution >= 0.6 is 0 Å². The number of aliphatic hydroxyl groups is 17. The number of rotatable bonds is 43. The van der Waals surface area contributed by atoms with E-state index in [4.69, 9.17) is 10.2 Å². The van der Waals surface area contributed by atoms with Gasteiger partial charge in [0, 0.05) is 6.42 Å². The molecule has 0 saturated heterocycles. The van der Waals surface area contributed by atoms with Gasteiger partial charge in [0.15, 0.2) is 6.10 Å². The Bertz CT molecular complexity index is 1300. The van der Waals surface area contributed by atoms with Crippen LogP contribution in [0.3, 0.4) is 0 Å². The van der Waals surface area contributed by atoms with Gasteiger partial charge in [0.2, 0.25) is 0 Å². The van der Waals surface area contributed by atoms with E-state index in [1.165, 1.54) is 0 Å². The van der Waals surface area contributed by atoms with Crippen molar-refractivity contribution in [3.05, 3.63) is 35.9 Å². The number of carboxylic acid groups (broad SMARTS) is 1. The van der Waals surface area contributed by atoms with Gasteiger partial charge in [-0.25, -0.2) is 4.79 Å². The molecule has 0 radical (unpaired) electrons. The van der Waals surface area contributed by atoms with E-state index in [9.17, 15) is 86.5 Å². The number of unbranched alkanes of at least 4 members (excludes halogenated alkanes) is 8. The zero-order valence-electron chi connectivity index (χ0n) is 51.1. The first-order valence-electron chi connectivity index (χ1n) is 30.1. The van der Waals surface area contributed by atoms with Gasteiger partial charge < -0.3 is 91.9 Å². The van der Waals surface area contributed by atoms with E-state index in [-0.39, 0.29) is 6.42 Å². The molecule has 0 bridgehead atoms. The summed E-state index contributed by atoms with van der Waals surface area (Å²) in [7, 11) is 0.